The van der Waals surface area contributed by atoms with E-state index in [0.717, 1.165) is 30.5 Å². The molecule has 1 aromatic carbocycles. The van der Waals surface area contributed by atoms with Gasteiger partial charge in [0.1, 0.15) is 0 Å². The van der Waals surface area contributed by atoms with Gasteiger partial charge in [0.15, 0.2) is 0 Å². The average molecular weight is 349 g/mol. The van der Waals surface area contributed by atoms with Crippen LogP contribution in [0.4, 0.5) is 0 Å². The largest absolute Gasteiger partial charge is 0.303 e. The molecule has 108 valence electrons. The summed E-state index contributed by atoms with van der Waals surface area (Å²) in [6, 6.07) is 6.90. The minimum Gasteiger partial charge on any atom is -0.303 e. The summed E-state index contributed by atoms with van der Waals surface area (Å²) in [6.45, 7) is 7.15. The Bertz CT molecular complexity index is 470. The molecule has 0 amide bonds. The molecule has 0 heterocycles. The molecular weight excluding hydrogens is 328 g/mol. The van der Waals surface area contributed by atoms with E-state index in [2.05, 4.69) is 39.4 Å². The molecule has 19 heavy (non-hydrogen) atoms. The first-order chi connectivity index (χ1) is 9.03. The highest BCUT2D eigenvalue weighted by molar-refractivity contribution is 9.08. The quantitative estimate of drug-likeness (QED) is 0.732. The smallest absolute Gasteiger partial charge is 0.240 e. The SMILES string of the molecule is CCN(CC)CCNS(=O)(=O)c1ccc(CBr)cc1. The van der Waals surface area contributed by atoms with Crippen LogP contribution >= 0.6 is 15.9 Å². The molecule has 0 bridgehead atoms. The Balaban J connectivity index is 2.60. The normalized spacial score (nSPS) is 12.0. The van der Waals surface area contributed by atoms with Gasteiger partial charge in [0.05, 0.1) is 4.90 Å². The summed E-state index contributed by atoms with van der Waals surface area (Å²) in [6.07, 6.45) is 0. The van der Waals surface area contributed by atoms with Crippen molar-refractivity contribution in [1.82, 2.24) is 9.62 Å². The Morgan fingerprint density at radius 3 is 2.21 bits per heavy atom. The summed E-state index contributed by atoms with van der Waals surface area (Å²) >= 11 is 3.34. The topological polar surface area (TPSA) is 49.4 Å². The first-order valence-corrected chi connectivity index (χ1v) is 9.00. The van der Waals surface area contributed by atoms with Crippen LogP contribution in [0.15, 0.2) is 29.2 Å². The van der Waals surface area contributed by atoms with Crippen LogP contribution in [0.1, 0.15) is 19.4 Å². The molecule has 4 nitrogen and oxygen atoms in total. The highest BCUT2D eigenvalue weighted by Gasteiger charge is 2.13. The number of benzene rings is 1. The van der Waals surface area contributed by atoms with Gasteiger partial charge in [0, 0.05) is 18.4 Å². The van der Waals surface area contributed by atoms with Crippen molar-refractivity contribution in [3.63, 3.8) is 0 Å². The van der Waals surface area contributed by atoms with Crippen LogP contribution in [0.5, 0.6) is 0 Å². The minimum absolute atomic E-state index is 0.316. The average Bonchev–Trinajstić information content (AvgIpc) is 2.43. The molecule has 1 rings (SSSR count). The van der Waals surface area contributed by atoms with Gasteiger partial charge in [-0.15, -0.1) is 0 Å². The van der Waals surface area contributed by atoms with Gasteiger partial charge >= 0.3 is 0 Å². The van der Waals surface area contributed by atoms with Crippen molar-refractivity contribution in [1.29, 1.82) is 0 Å². The van der Waals surface area contributed by atoms with Gasteiger partial charge in [0.2, 0.25) is 10.0 Å². The number of sulfonamides is 1. The zero-order valence-electron chi connectivity index (χ0n) is 11.4. The van der Waals surface area contributed by atoms with E-state index < -0.39 is 10.0 Å². The second kappa shape index (κ2) is 7.99. The van der Waals surface area contributed by atoms with E-state index in [1.54, 1.807) is 12.1 Å². The van der Waals surface area contributed by atoms with Gasteiger partial charge in [-0.1, -0.05) is 41.9 Å². The molecule has 0 spiro atoms. The molecule has 0 saturated heterocycles. The van der Waals surface area contributed by atoms with Crippen LogP contribution < -0.4 is 4.72 Å². The monoisotopic (exact) mass is 348 g/mol. The highest BCUT2D eigenvalue weighted by atomic mass is 79.9. The maximum absolute atomic E-state index is 12.0. The number of halogens is 1. The van der Waals surface area contributed by atoms with E-state index in [4.69, 9.17) is 0 Å². The van der Waals surface area contributed by atoms with Crippen molar-refractivity contribution < 1.29 is 8.42 Å². The Morgan fingerprint density at radius 1 is 1.16 bits per heavy atom. The van der Waals surface area contributed by atoms with Crippen molar-refractivity contribution in [2.75, 3.05) is 26.2 Å². The first-order valence-electron chi connectivity index (χ1n) is 6.40. The number of nitrogens with one attached hydrogen (secondary N) is 1. The number of alkyl halides is 1. The standard InChI is InChI=1S/C13H21BrN2O2S/c1-3-16(4-2)10-9-15-19(17,18)13-7-5-12(11-14)6-8-13/h5-8,15H,3-4,9-11H2,1-2H3. The third-order valence-corrected chi connectivity index (χ3v) is 5.13. The molecule has 0 saturated carbocycles. The van der Waals surface area contributed by atoms with Crippen LogP contribution in [0.3, 0.4) is 0 Å². The van der Waals surface area contributed by atoms with Crippen LogP contribution in [-0.4, -0.2) is 39.5 Å². The van der Waals surface area contributed by atoms with E-state index >= 15 is 0 Å². The fraction of sp³-hybridized carbons (Fsp3) is 0.538. The zero-order chi connectivity index (χ0) is 14.3. The Labute approximate surface area is 124 Å². The summed E-state index contributed by atoms with van der Waals surface area (Å²) < 4.78 is 26.7. The van der Waals surface area contributed by atoms with Gasteiger partial charge < -0.3 is 4.90 Å². The zero-order valence-corrected chi connectivity index (χ0v) is 13.8. The van der Waals surface area contributed by atoms with E-state index in [-0.39, 0.29) is 0 Å². The molecule has 0 aliphatic heterocycles. The number of hydrogen-bond acceptors (Lipinski definition) is 3. The maximum Gasteiger partial charge on any atom is 0.240 e. The molecule has 0 unspecified atom stereocenters. The van der Waals surface area contributed by atoms with Gasteiger partial charge in [-0.25, -0.2) is 13.1 Å². The van der Waals surface area contributed by atoms with Gasteiger partial charge in [-0.2, -0.15) is 0 Å². The van der Waals surface area contributed by atoms with Gasteiger partial charge in [0.25, 0.3) is 0 Å². The molecule has 0 aromatic heterocycles. The lowest BCUT2D eigenvalue weighted by atomic mass is 10.2. The highest BCUT2D eigenvalue weighted by Crippen LogP contribution is 2.12. The third-order valence-electron chi connectivity index (χ3n) is 3.00. The van der Waals surface area contributed by atoms with Crippen LogP contribution in [0.2, 0.25) is 0 Å². The summed E-state index contributed by atoms with van der Waals surface area (Å²) in [4.78, 5) is 2.49. The summed E-state index contributed by atoms with van der Waals surface area (Å²) in [5.74, 6) is 0. The van der Waals surface area contributed by atoms with Gasteiger partial charge in [-0.05, 0) is 30.8 Å². The molecule has 1 aromatic rings. The predicted octanol–water partition coefficient (Wildman–Crippen LogP) is 2.20. The summed E-state index contributed by atoms with van der Waals surface area (Å²) in [5.41, 5.74) is 1.06. The van der Waals surface area contributed by atoms with Crippen molar-refractivity contribution in [2.45, 2.75) is 24.1 Å². The first kappa shape index (κ1) is 16.6. The maximum atomic E-state index is 12.0. The molecule has 0 aliphatic rings. The number of nitrogens with zero attached hydrogens (tertiary/aromatic N) is 1. The molecule has 0 fully saturated rings. The summed E-state index contributed by atoms with van der Waals surface area (Å²) in [5, 5.41) is 0.725. The van der Waals surface area contributed by atoms with Crippen molar-refractivity contribution in [3.8, 4) is 0 Å². The van der Waals surface area contributed by atoms with Crippen LogP contribution in [0, 0.1) is 0 Å². The van der Waals surface area contributed by atoms with E-state index in [0.29, 0.717) is 11.4 Å². The molecule has 1 N–H and O–H groups in total. The fourth-order valence-corrected chi connectivity index (χ4v) is 3.11. The second-order valence-electron chi connectivity index (χ2n) is 4.20. The van der Waals surface area contributed by atoms with Crippen molar-refractivity contribution in [3.05, 3.63) is 29.8 Å². The fourth-order valence-electron chi connectivity index (χ4n) is 1.72. The van der Waals surface area contributed by atoms with E-state index in [1.165, 1.54) is 0 Å². The lowest BCUT2D eigenvalue weighted by Gasteiger charge is -2.18. The van der Waals surface area contributed by atoms with Gasteiger partial charge in [-0.3, -0.25) is 0 Å². The minimum atomic E-state index is -3.39. The van der Waals surface area contributed by atoms with Crippen molar-refractivity contribution in [2.24, 2.45) is 0 Å². The Morgan fingerprint density at radius 2 is 1.74 bits per heavy atom. The predicted molar refractivity (Wildman–Crippen MR) is 82.0 cm³/mol. The van der Waals surface area contributed by atoms with Crippen molar-refractivity contribution >= 4 is 26.0 Å². The number of hydrogen-bond donors (Lipinski definition) is 1. The summed E-state index contributed by atoms with van der Waals surface area (Å²) in [7, 11) is -3.39. The Kier molecular flexibility index (Phi) is 6.99. The molecule has 0 atom stereocenters. The molecule has 0 radical (unpaired) electrons. The Hall–Kier alpha value is -0.430. The van der Waals surface area contributed by atoms with E-state index in [1.807, 2.05) is 12.1 Å². The lowest BCUT2D eigenvalue weighted by Crippen LogP contribution is -2.34. The molecule has 6 heteroatoms. The van der Waals surface area contributed by atoms with E-state index in [9.17, 15) is 8.42 Å². The number of rotatable bonds is 8. The lowest BCUT2D eigenvalue weighted by molar-refractivity contribution is 0.309. The number of likely N-dealkylation sites (N-methyl/N-ethyl adjacent to an activating group) is 1. The molecule has 0 aliphatic carbocycles. The second-order valence-corrected chi connectivity index (χ2v) is 6.53. The third kappa shape index (κ3) is 5.22. The van der Waals surface area contributed by atoms with Crippen LogP contribution in [0.25, 0.3) is 0 Å². The molecular formula is C13H21BrN2O2S. The van der Waals surface area contributed by atoms with Crippen LogP contribution in [-0.2, 0) is 15.4 Å².